The molecule has 0 saturated carbocycles. The standard InChI is InChI=1S/C15H21NO4/c1-4-19-15(18)16-13(14(17)20-11(2)3)10-12-8-6-5-7-9-12/h5-9,11,13H,4,10H2,1-3H3,(H,16,18)/t13-/m1/s1. The maximum atomic E-state index is 12.0. The fraction of sp³-hybridized carbons (Fsp3) is 0.467. The van der Waals surface area contributed by atoms with Crippen molar-refractivity contribution >= 4 is 12.1 Å². The Morgan fingerprint density at radius 3 is 2.40 bits per heavy atom. The summed E-state index contributed by atoms with van der Waals surface area (Å²) in [5, 5.41) is 2.54. The van der Waals surface area contributed by atoms with Gasteiger partial charge in [-0.2, -0.15) is 0 Å². The van der Waals surface area contributed by atoms with Gasteiger partial charge in [-0.15, -0.1) is 0 Å². The molecule has 1 aromatic rings. The second kappa shape index (κ2) is 8.19. The van der Waals surface area contributed by atoms with Crippen LogP contribution in [0.4, 0.5) is 4.79 Å². The van der Waals surface area contributed by atoms with Gasteiger partial charge in [0.15, 0.2) is 0 Å². The van der Waals surface area contributed by atoms with Crippen LogP contribution in [0.5, 0.6) is 0 Å². The van der Waals surface area contributed by atoms with E-state index in [2.05, 4.69) is 5.32 Å². The molecule has 0 radical (unpaired) electrons. The molecular formula is C15H21NO4. The van der Waals surface area contributed by atoms with Crippen molar-refractivity contribution in [2.45, 2.75) is 39.3 Å². The molecule has 0 fully saturated rings. The van der Waals surface area contributed by atoms with Crippen molar-refractivity contribution in [1.29, 1.82) is 0 Å². The highest BCUT2D eigenvalue weighted by atomic mass is 16.6. The molecule has 5 nitrogen and oxygen atoms in total. The van der Waals surface area contributed by atoms with E-state index in [0.29, 0.717) is 6.42 Å². The monoisotopic (exact) mass is 279 g/mol. The van der Waals surface area contributed by atoms with Gasteiger partial charge in [0.05, 0.1) is 12.7 Å². The van der Waals surface area contributed by atoms with Crippen LogP contribution in [0.2, 0.25) is 0 Å². The lowest BCUT2D eigenvalue weighted by molar-refractivity contribution is -0.149. The molecule has 0 aliphatic rings. The summed E-state index contributed by atoms with van der Waals surface area (Å²) in [5.74, 6) is -0.461. The normalized spacial score (nSPS) is 11.8. The van der Waals surface area contributed by atoms with Crippen molar-refractivity contribution in [3.8, 4) is 0 Å². The van der Waals surface area contributed by atoms with Gasteiger partial charge in [-0.25, -0.2) is 9.59 Å². The number of nitrogens with one attached hydrogen (secondary N) is 1. The maximum absolute atomic E-state index is 12.0. The summed E-state index contributed by atoms with van der Waals surface area (Å²) in [6, 6.07) is 8.68. The van der Waals surface area contributed by atoms with Crippen molar-refractivity contribution in [2.75, 3.05) is 6.61 Å². The van der Waals surface area contributed by atoms with E-state index < -0.39 is 18.1 Å². The van der Waals surface area contributed by atoms with E-state index in [1.54, 1.807) is 20.8 Å². The zero-order valence-electron chi connectivity index (χ0n) is 12.1. The fourth-order valence-electron chi connectivity index (χ4n) is 1.67. The van der Waals surface area contributed by atoms with Gasteiger partial charge in [0, 0.05) is 6.42 Å². The van der Waals surface area contributed by atoms with Crippen molar-refractivity contribution < 1.29 is 19.1 Å². The number of rotatable bonds is 6. The van der Waals surface area contributed by atoms with Crippen LogP contribution >= 0.6 is 0 Å². The van der Waals surface area contributed by atoms with Gasteiger partial charge in [0.1, 0.15) is 6.04 Å². The SMILES string of the molecule is CCOC(=O)N[C@H](Cc1ccccc1)C(=O)OC(C)C. The predicted octanol–water partition coefficient (Wildman–Crippen LogP) is 2.30. The average Bonchev–Trinajstić information content (AvgIpc) is 2.38. The lowest BCUT2D eigenvalue weighted by Gasteiger charge is -2.19. The summed E-state index contributed by atoms with van der Waals surface area (Å²) in [6.07, 6.45) is -0.482. The van der Waals surface area contributed by atoms with Crippen LogP contribution in [0, 0.1) is 0 Å². The quantitative estimate of drug-likeness (QED) is 0.811. The predicted molar refractivity (Wildman–Crippen MR) is 75.3 cm³/mol. The largest absolute Gasteiger partial charge is 0.461 e. The van der Waals surface area contributed by atoms with Gasteiger partial charge in [0.2, 0.25) is 0 Å². The molecule has 1 atom stereocenters. The Labute approximate surface area is 119 Å². The number of carbonyl (C=O) groups is 2. The maximum Gasteiger partial charge on any atom is 0.407 e. The molecule has 0 heterocycles. The second-order valence-electron chi connectivity index (χ2n) is 4.59. The first-order valence-corrected chi connectivity index (χ1v) is 6.70. The first-order chi connectivity index (χ1) is 9.52. The Balaban J connectivity index is 2.73. The third-order valence-corrected chi connectivity index (χ3v) is 2.49. The Bertz CT molecular complexity index is 431. The van der Waals surface area contributed by atoms with E-state index in [-0.39, 0.29) is 12.7 Å². The number of esters is 1. The summed E-state index contributed by atoms with van der Waals surface area (Å²) >= 11 is 0. The van der Waals surface area contributed by atoms with Crippen LogP contribution in [0.3, 0.4) is 0 Å². The molecule has 0 unspecified atom stereocenters. The van der Waals surface area contributed by atoms with E-state index in [1.165, 1.54) is 0 Å². The average molecular weight is 279 g/mol. The van der Waals surface area contributed by atoms with E-state index in [9.17, 15) is 9.59 Å². The Hall–Kier alpha value is -2.04. The van der Waals surface area contributed by atoms with Gasteiger partial charge in [0.25, 0.3) is 0 Å². The highest BCUT2D eigenvalue weighted by Crippen LogP contribution is 2.06. The number of amides is 1. The number of hydrogen-bond donors (Lipinski definition) is 1. The molecule has 0 aliphatic carbocycles. The third kappa shape index (κ3) is 5.73. The van der Waals surface area contributed by atoms with Crippen molar-refractivity contribution in [3.63, 3.8) is 0 Å². The lowest BCUT2D eigenvalue weighted by Crippen LogP contribution is -2.44. The minimum atomic E-state index is -0.751. The second-order valence-corrected chi connectivity index (χ2v) is 4.59. The van der Waals surface area contributed by atoms with Gasteiger partial charge < -0.3 is 14.8 Å². The molecule has 1 rings (SSSR count). The molecule has 0 aliphatic heterocycles. The summed E-state index contributed by atoms with van der Waals surface area (Å²) in [7, 11) is 0. The highest BCUT2D eigenvalue weighted by Gasteiger charge is 2.24. The highest BCUT2D eigenvalue weighted by molar-refractivity contribution is 5.81. The molecule has 5 heteroatoms. The number of benzene rings is 1. The van der Waals surface area contributed by atoms with E-state index in [1.807, 2.05) is 30.3 Å². The van der Waals surface area contributed by atoms with Crippen molar-refractivity contribution in [1.82, 2.24) is 5.32 Å². The number of hydrogen-bond acceptors (Lipinski definition) is 4. The molecule has 1 N–H and O–H groups in total. The molecule has 0 saturated heterocycles. The first-order valence-electron chi connectivity index (χ1n) is 6.70. The minimum absolute atomic E-state index is 0.232. The first kappa shape index (κ1) is 16.0. The molecule has 0 spiro atoms. The molecule has 0 bridgehead atoms. The minimum Gasteiger partial charge on any atom is -0.461 e. The van der Waals surface area contributed by atoms with Gasteiger partial charge in [-0.05, 0) is 26.3 Å². The van der Waals surface area contributed by atoms with Crippen LogP contribution in [0.1, 0.15) is 26.3 Å². The summed E-state index contributed by atoms with van der Waals surface area (Å²) in [6.45, 7) is 5.49. The smallest absolute Gasteiger partial charge is 0.407 e. The molecule has 110 valence electrons. The molecule has 1 aromatic carbocycles. The van der Waals surface area contributed by atoms with E-state index in [4.69, 9.17) is 9.47 Å². The van der Waals surface area contributed by atoms with Crippen molar-refractivity contribution in [3.05, 3.63) is 35.9 Å². The van der Waals surface area contributed by atoms with Crippen LogP contribution in [0.25, 0.3) is 0 Å². The van der Waals surface area contributed by atoms with Crippen LogP contribution in [-0.2, 0) is 20.7 Å². The van der Waals surface area contributed by atoms with E-state index in [0.717, 1.165) is 5.56 Å². The Morgan fingerprint density at radius 1 is 1.20 bits per heavy atom. The van der Waals surface area contributed by atoms with Gasteiger partial charge >= 0.3 is 12.1 Å². The van der Waals surface area contributed by atoms with Gasteiger partial charge in [-0.3, -0.25) is 0 Å². The van der Waals surface area contributed by atoms with E-state index >= 15 is 0 Å². The Kier molecular flexibility index (Phi) is 6.56. The van der Waals surface area contributed by atoms with Crippen LogP contribution in [0.15, 0.2) is 30.3 Å². The van der Waals surface area contributed by atoms with Crippen LogP contribution < -0.4 is 5.32 Å². The zero-order chi connectivity index (χ0) is 15.0. The van der Waals surface area contributed by atoms with Gasteiger partial charge in [-0.1, -0.05) is 30.3 Å². The molecule has 1 amide bonds. The van der Waals surface area contributed by atoms with Crippen molar-refractivity contribution in [2.24, 2.45) is 0 Å². The molecule has 0 aromatic heterocycles. The summed E-state index contributed by atoms with van der Waals surface area (Å²) < 4.78 is 9.96. The fourth-order valence-corrected chi connectivity index (χ4v) is 1.67. The summed E-state index contributed by atoms with van der Waals surface area (Å²) in [5.41, 5.74) is 0.940. The zero-order valence-corrected chi connectivity index (χ0v) is 12.1. The number of ether oxygens (including phenoxy) is 2. The topological polar surface area (TPSA) is 64.6 Å². The molecule has 20 heavy (non-hydrogen) atoms. The Morgan fingerprint density at radius 2 is 1.85 bits per heavy atom. The lowest BCUT2D eigenvalue weighted by atomic mass is 10.1. The number of alkyl carbamates (subject to hydrolysis) is 1. The molecular weight excluding hydrogens is 258 g/mol. The number of carbonyl (C=O) groups excluding carboxylic acids is 2. The van der Waals surface area contributed by atoms with Crippen LogP contribution in [-0.4, -0.2) is 30.8 Å². The summed E-state index contributed by atoms with van der Waals surface area (Å²) in [4.78, 5) is 23.5. The third-order valence-electron chi connectivity index (χ3n) is 2.49.